The minimum atomic E-state index is 0.425. The standard InChI is InChI=1S/C18H22N8/c1-12-8-17(20-11-19-12)24(2)14-9-25(10-14)16-7-6-15-21-22-18(26(15)23-16)13-4-3-5-13/h6-8,11,13-14H,3-5,9-10H2,1-2H3. The molecule has 4 heterocycles. The van der Waals surface area contributed by atoms with E-state index in [0.29, 0.717) is 12.0 Å². The zero-order valence-electron chi connectivity index (χ0n) is 15.1. The van der Waals surface area contributed by atoms with Crippen LogP contribution in [0, 0.1) is 6.92 Å². The van der Waals surface area contributed by atoms with E-state index in [1.807, 2.05) is 29.6 Å². The lowest BCUT2D eigenvalue weighted by molar-refractivity contribution is 0.394. The predicted molar refractivity (Wildman–Crippen MR) is 98.5 cm³/mol. The molecule has 26 heavy (non-hydrogen) atoms. The normalized spacial score (nSPS) is 18.0. The Kier molecular flexibility index (Phi) is 3.51. The Morgan fingerprint density at radius 3 is 2.69 bits per heavy atom. The highest BCUT2D eigenvalue weighted by Gasteiger charge is 2.32. The molecule has 8 heteroatoms. The lowest BCUT2D eigenvalue weighted by Gasteiger charge is -2.45. The molecule has 0 radical (unpaired) electrons. The van der Waals surface area contributed by atoms with E-state index in [0.717, 1.165) is 41.9 Å². The molecule has 0 N–H and O–H groups in total. The second-order valence-corrected chi connectivity index (χ2v) is 7.33. The molecule has 0 atom stereocenters. The van der Waals surface area contributed by atoms with E-state index >= 15 is 0 Å². The maximum absolute atomic E-state index is 4.81. The third-order valence-corrected chi connectivity index (χ3v) is 5.63. The summed E-state index contributed by atoms with van der Waals surface area (Å²) in [5, 5.41) is 13.4. The molecular formula is C18H22N8. The van der Waals surface area contributed by atoms with Gasteiger partial charge in [0, 0.05) is 37.8 Å². The van der Waals surface area contributed by atoms with Crippen LogP contribution < -0.4 is 9.80 Å². The summed E-state index contributed by atoms with van der Waals surface area (Å²) >= 11 is 0. The molecule has 0 spiro atoms. The summed E-state index contributed by atoms with van der Waals surface area (Å²) in [5.74, 6) is 3.49. The molecular weight excluding hydrogens is 328 g/mol. The maximum atomic E-state index is 4.81. The minimum Gasteiger partial charge on any atom is -0.353 e. The van der Waals surface area contributed by atoms with Gasteiger partial charge in [-0.05, 0) is 31.9 Å². The zero-order valence-corrected chi connectivity index (χ0v) is 15.1. The van der Waals surface area contributed by atoms with E-state index in [-0.39, 0.29) is 0 Å². The first-order valence-electron chi connectivity index (χ1n) is 9.18. The molecule has 134 valence electrons. The molecule has 0 amide bonds. The van der Waals surface area contributed by atoms with Gasteiger partial charge in [-0.25, -0.2) is 9.97 Å². The first-order chi connectivity index (χ1) is 12.7. The van der Waals surface area contributed by atoms with Crippen molar-refractivity contribution in [2.45, 2.75) is 38.1 Å². The fourth-order valence-corrected chi connectivity index (χ4v) is 3.59. The molecule has 2 aliphatic rings. The van der Waals surface area contributed by atoms with Gasteiger partial charge in [0.25, 0.3) is 0 Å². The third-order valence-electron chi connectivity index (χ3n) is 5.63. The second kappa shape index (κ2) is 5.89. The third kappa shape index (κ3) is 2.48. The lowest BCUT2D eigenvalue weighted by atomic mass is 9.85. The number of likely N-dealkylation sites (N-methyl/N-ethyl adjacent to an activating group) is 1. The van der Waals surface area contributed by atoms with Gasteiger partial charge in [0.1, 0.15) is 18.0 Å². The highest BCUT2D eigenvalue weighted by molar-refractivity contribution is 5.51. The summed E-state index contributed by atoms with van der Waals surface area (Å²) in [5.41, 5.74) is 1.82. The monoisotopic (exact) mass is 350 g/mol. The van der Waals surface area contributed by atoms with Gasteiger partial charge in [0.15, 0.2) is 11.5 Å². The molecule has 1 aliphatic carbocycles. The van der Waals surface area contributed by atoms with E-state index in [9.17, 15) is 0 Å². The molecule has 1 saturated carbocycles. The van der Waals surface area contributed by atoms with Gasteiger partial charge in [-0.2, -0.15) is 4.52 Å². The largest absolute Gasteiger partial charge is 0.353 e. The van der Waals surface area contributed by atoms with Gasteiger partial charge >= 0.3 is 0 Å². The maximum Gasteiger partial charge on any atom is 0.178 e. The Morgan fingerprint density at radius 1 is 1.12 bits per heavy atom. The summed E-state index contributed by atoms with van der Waals surface area (Å²) in [6.07, 6.45) is 5.30. The van der Waals surface area contributed by atoms with Gasteiger partial charge in [-0.1, -0.05) is 6.42 Å². The van der Waals surface area contributed by atoms with Crippen molar-refractivity contribution >= 4 is 17.3 Å². The van der Waals surface area contributed by atoms with Crippen LogP contribution in [0.5, 0.6) is 0 Å². The topological polar surface area (TPSA) is 75.3 Å². The van der Waals surface area contributed by atoms with Crippen molar-refractivity contribution in [3.8, 4) is 0 Å². The molecule has 0 aromatic carbocycles. The minimum absolute atomic E-state index is 0.425. The highest BCUT2D eigenvalue weighted by atomic mass is 15.4. The molecule has 0 unspecified atom stereocenters. The smallest absolute Gasteiger partial charge is 0.178 e. The van der Waals surface area contributed by atoms with Crippen LogP contribution in [0.4, 0.5) is 11.6 Å². The van der Waals surface area contributed by atoms with Gasteiger partial charge in [0.05, 0.1) is 6.04 Å². The number of hydrogen-bond donors (Lipinski definition) is 0. The first-order valence-corrected chi connectivity index (χ1v) is 9.18. The van der Waals surface area contributed by atoms with Crippen molar-refractivity contribution in [1.82, 2.24) is 29.8 Å². The molecule has 1 saturated heterocycles. The average Bonchev–Trinajstić information content (AvgIpc) is 2.95. The number of nitrogens with zero attached hydrogens (tertiary/aromatic N) is 8. The van der Waals surface area contributed by atoms with Crippen LogP contribution in [0.15, 0.2) is 24.5 Å². The van der Waals surface area contributed by atoms with Crippen molar-refractivity contribution in [2.24, 2.45) is 0 Å². The van der Waals surface area contributed by atoms with Crippen LogP contribution >= 0.6 is 0 Å². The predicted octanol–water partition coefficient (Wildman–Crippen LogP) is 1.82. The Morgan fingerprint density at radius 2 is 1.96 bits per heavy atom. The Bertz CT molecular complexity index is 941. The molecule has 2 fully saturated rings. The molecule has 3 aromatic rings. The average molecular weight is 350 g/mol. The van der Waals surface area contributed by atoms with E-state index in [4.69, 9.17) is 5.10 Å². The van der Waals surface area contributed by atoms with E-state index in [1.54, 1.807) is 6.33 Å². The van der Waals surface area contributed by atoms with Crippen LogP contribution in [0.2, 0.25) is 0 Å². The van der Waals surface area contributed by atoms with Gasteiger partial charge in [-0.15, -0.1) is 15.3 Å². The molecule has 3 aromatic heterocycles. The summed E-state index contributed by atoms with van der Waals surface area (Å²) < 4.78 is 1.93. The number of aromatic nitrogens is 6. The van der Waals surface area contributed by atoms with Gasteiger partial charge in [0.2, 0.25) is 0 Å². The highest BCUT2D eigenvalue weighted by Crippen LogP contribution is 2.35. The number of hydrogen-bond acceptors (Lipinski definition) is 7. The van der Waals surface area contributed by atoms with Crippen molar-refractivity contribution in [3.05, 3.63) is 36.0 Å². The fraction of sp³-hybridized carbons (Fsp3) is 0.500. The van der Waals surface area contributed by atoms with Gasteiger partial charge < -0.3 is 9.80 Å². The Labute approximate surface area is 151 Å². The second-order valence-electron chi connectivity index (χ2n) is 7.33. The number of anilines is 2. The molecule has 1 aliphatic heterocycles. The summed E-state index contributed by atoms with van der Waals surface area (Å²) in [6, 6.07) is 6.51. The van der Waals surface area contributed by atoms with E-state index in [2.05, 4.69) is 37.0 Å². The summed E-state index contributed by atoms with van der Waals surface area (Å²) in [6.45, 7) is 3.85. The Hall–Kier alpha value is -2.77. The summed E-state index contributed by atoms with van der Waals surface area (Å²) in [7, 11) is 2.09. The lowest BCUT2D eigenvalue weighted by Crippen LogP contribution is -2.59. The zero-order chi connectivity index (χ0) is 17.7. The van der Waals surface area contributed by atoms with Crippen molar-refractivity contribution in [2.75, 3.05) is 29.9 Å². The fourth-order valence-electron chi connectivity index (χ4n) is 3.59. The number of fused-ring (bicyclic) bond motifs is 1. The van der Waals surface area contributed by atoms with Crippen LogP contribution in [0.3, 0.4) is 0 Å². The quantitative estimate of drug-likeness (QED) is 0.710. The van der Waals surface area contributed by atoms with Crippen molar-refractivity contribution in [3.63, 3.8) is 0 Å². The van der Waals surface area contributed by atoms with Crippen LogP contribution in [0.1, 0.15) is 36.7 Å². The van der Waals surface area contributed by atoms with E-state index < -0.39 is 0 Å². The summed E-state index contributed by atoms with van der Waals surface area (Å²) in [4.78, 5) is 13.1. The van der Waals surface area contributed by atoms with E-state index in [1.165, 1.54) is 19.3 Å². The van der Waals surface area contributed by atoms with Crippen LogP contribution in [-0.4, -0.2) is 56.0 Å². The first kappa shape index (κ1) is 15.5. The molecule has 5 rings (SSSR count). The SMILES string of the molecule is Cc1cc(N(C)C2CN(c3ccc4nnc(C5CCC5)n4n3)C2)ncn1. The number of rotatable bonds is 4. The van der Waals surface area contributed by atoms with Gasteiger partial charge in [-0.3, -0.25) is 0 Å². The Balaban J connectivity index is 1.32. The molecule has 8 nitrogen and oxygen atoms in total. The van der Waals surface area contributed by atoms with Crippen LogP contribution in [0.25, 0.3) is 5.65 Å². The number of aryl methyl sites for hydroxylation is 1. The van der Waals surface area contributed by atoms with Crippen LogP contribution in [-0.2, 0) is 0 Å². The molecule has 0 bridgehead atoms. The van der Waals surface area contributed by atoms with Crippen molar-refractivity contribution < 1.29 is 0 Å². The van der Waals surface area contributed by atoms with Crippen molar-refractivity contribution in [1.29, 1.82) is 0 Å².